The van der Waals surface area contributed by atoms with Gasteiger partial charge in [0, 0.05) is 0 Å². The number of hydrogen-bond acceptors (Lipinski definition) is 3. The van der Waals surface area contributed by atoms with Crippen molar-refractivity contribution >= 4 is 25.3 Å². The van der Waals surface area contributed by atoms with Crippen molar-refractivity contribution in [3.8, 4) is 6.07 Å². The molecule has 0 radical (unpaired) electrons. The zero-order valence-electron chi connectivity index (χ0n) is 11.4. The molecule has 0 unspecified atom stereocenters. The van der Waals surface area contributed by atoms with Crippen molar-refractivity contribution in [3.63, 3.8) is 0 Å². The zero-order chi connectivity index (χ0) is 14.5. The van der Waals surface area contributed by atoms with E-state index in [-0.39, 0.29) is 20.7 Å². The number of carbonyl (C=O) groups excluding carboxylic acids is 1. The number of benzene rings is 1. The number of nitrogens with zero attached hydrogens (tertiary/aromatic N) is 2. The van der Waals surface area contributed by atoms with Gasteiger partial charge in [-0.2, -0.15) is 0 Å². The van der Waals surface area contributed by atoms with E-state index >= 15 is 0 Å². The third kappa shape index (κ3) is 3.33. The molecule has 4 heteroatoms. The fourth-order valence-corrected chi connectivity index (χ4v) is 3.97. The molecule has 0 saturated heterocycles. The van der Waals surface area contributed by atoms with Crippen molar-refractivity contribution < 1.29 is 4.79 Å². The Morgan fingerprint density at radius 3 is 2.65 bits per heavy atom. The molecule has 1 aromatic heterocycles. The monoisotopic (exact) mass is 330 g/mol. The molecular formula is C16H14N2OSe. The number of hydrogen-bond donors (Lipinski definition) is 0. The molecule has 0 aliphatic rings. The van der Waals surface area contributed by atoms with Gasteiger partial charge in [-0.1, -0.05) is 0 Å². The van der Waals surface area contributed by atoms with Gasteiger partial charge in [0.1, 0.15) is 0 Å². The third-order valence-electron chi connectivity index (χ3n) is 2.86. The van der Waals surface area contributed by atoms with Gasteiger partial charge >= 0.3 is 124 Å². The van der Waals surface area contributed by atoms with Crippen LogP contribution in [0.25, 0.3) is 0 Å². The van der Waals surface area contributed by atoms with Gasteiger partial charge in [-0.05, 0) is 0 Å². The van der Waals surface area contributed by atoms with Crippen LogP contribution in [0.3, 0.4) is 0 Å². The molecule has 0 bridgehead atoms. The van der Waals surface area contributed by atoms with Crippen molar-refractivity contribution in [2.75, 3.05) is 0 Å². The van der Waals surface area contributed by atoms with Gasteiger partial charge in [-0.15, -0.1) is 0 Å². The number of rotatable bonds is 4. The van der Waals surface area contributed by atoms with E-state index in [0.717, 1.165) is 21.4 Å². The van der Waals surface area contributed by atoms with Crippen LogP contribution < -0.4 is 4.59 Å². The van der Waals surface area contributed by atoms with E-state index in [1.165, 1.54) is 0 Å². The average Bonchev–Trinajstić information content (AvgIpc) is 2.45. The van der Waals surface area contributed by atoms with E-state index in [0.29, 0.717) is 10.9 Å². The van der Waals surface area contributed by atoms with E-state index in [1.54, 1.807) is 0 Å². The number of aromatic nitrogens is 1. The summed E-state index contributed by atoms with van der Waals surface area (Å²) in [6.07, 6.45) is 0. The molecule has 0 aliphatic heterocycles. The maximum absolute atomic E-state index is 12.1. The Morgan fingerprint density at radius 1 is 1.30 bits per heavy atom. The molecule has 3 nitrogen and oxygen atoms in total. The second-order valence-electron chi connectivity index (χ2n) is 4.45. The van der Waals surface area contributed by atoms with Crippen LogP contribution >= 0.6 is 0 Å². The Kier molecular flexibility index (Phi) is 4.68. The van der Waals surface area contributed by atoms with Crippen LogP contribution in [0.2, 0.25) is 5.32 Å². The van der Waals surface area contributed by atoms with Gasteiger partial charge < -0.3 is 0 Å². The first-order valence-corrected chi connectivity index (χ1v) is 8.28. The summed E-state index contributed by atoms with van der Waals surface area (Å²) in [5, 5.41) is 9.64. The van der Waals surface area contributed by atoms with Gasteiger partial charge in [-0.25, -0.2) is 0 Å². The van der Waals surface area contributed by atoms with Gasteiger partial charge in [-0.3, -0.25) is 0 Å². The number of nitriles is 1. The second kappa shape index (κ2) is 6.47. The molecule has 1 aromatic carbocycles. The zero-order valence-corrected chi connectivity index (χ0v) is 13.1. The van der Waals surface area contributed by atoms with Gasteiger partial charge in [0.2, 0.25) is 0 Å². The molecular weight excluding hydrogens is 315 g/mol. The van der Waals surface area contributed by atoms with Gasteiger partial charge in [0.15, 0.2) is 0 Å². The van der Waals surface area contributed by atoms with Crippen LogP contribution in [0.5, 0.6) is 0 Å². The Balaban J connectivity index is 2.16. The molecule has 2 aromatic rings. The fraction of sp³-hybridized carbons (Fsp3) is 0.188. The predicted octanol–water partition coefficient (Wildman–Crippen LogP) is 2.20. The number of Topliss-reactive ketones (excluding diaryl/α,β-unsaturated/α-hetero) is 1. The Labute approximate surface area is 124 Å². The first-order valence-electron chi connectivity index (χ1n) is 6.21. The van der Waals surface area contributed by atoms with Gasteiger partial charge in [0.25, 0.3) is 0 Å². The van der Waals surface area contributed by atoms with Crippen LogP contribution in [0.4, 0.5) is 0 Å². The Bertz CT molecular complexity index is 675. The van der Waals surface area contributed by atoms with Crippen molar-refractivity contribution in [1.29, 1.82) is 5.26 Å². The molecule has 0 spiro atoms. The standard InChI is InChI=1S/C16H14N2OSe/c1-11-8-12(2)18-16(14(11)9-17)20-10-15(19)13-6-4-3-5-7-13/h3-8H,10H2,1-2H3. The Morgan fingerprint density at radius 2 is 2.00 bits per heavy atom. The molecule has 0 N–H and O–H groups in total. The summed E-state index contributed by atoms with van der Waals surface area (Å²) in [6, 6.07) is 13.3. The van der Waals surface area contributed by atoms with E-state index in [2.05, 4.69) is 11.1 Å². The first-order chi connectivity index (χ1) is 9.61. The van der Waals surface area contributed by atoms with Gasteiger partial charge in [0.05, 0.1) is 0 Å². The summed E-state index contributed by atoms with van der Waals surface area (Å²) in [5.41, 5.74) is 3.17. The van der Waals surface area contributed by atoms with E-state index in [9.17, 15) is 10.1 Å². The quantitative estimate of drug-likeness (QED) is 0.638. The molecule has 0 fully saturated rings. The predicted molar refractivity (Wildman–Crippen MR) is 79.4 cm³/mol. The van der Waals surface area contributed by atoms with Crippen molar-refractivity contribution in [2.45, 2.75) is 19.2 Å². The summed E-state index contributed by atoms with van der Waals surface area (Å²) < 4.78 is 0.779. The van der Waals surface area contributed by atoms with Crippen molar-refractivity contribution in [1.82, 2.24) is 4.98 Å². The van der Waals surface area contributed by atoms with E-state index in [4.69, 9.17) is 0 Å². The summed E-state index contributed by atoms with van der Waals surface area (Å²) in [5.74, 6) is 0.107. The molecule has 20 heavy (non-hydrogen) atoms. The molecule has 1 heterocycles. The molecule has 100 valence electrons. The topological polar surface area (TPSA) is 53.8 Å². The average molecular weight is 329 g/mol. The molecule has 0 atom stereocenters. The van der Waals surface area contributed by atoms with Crippen LogP contribution in [-0.4, -0.2) is 25.7 Å². The Hall–Kier alpha value is -1.95. The normalized spacial score (nSPS) is 10.1. The van der Waals surface area contributed by atoms with E-state index in [1.807, 2.05) is 50.2 Å². The summed E-state index contributed by atoms with van der Waals surface area (Å²) in [4.78, 5) is 16.5. The summed E-state index contributed by atoms with van der Waals surface area (Å²) >= 11 is -0.116. The summed E-state index contributed by atoms with van der Waals surface area (Å²) in [7, 11) is 0. The number of ketones is 1. The third-order valence-corrected chi connectivity index (χ3v) is 4.91. The van der Waals surface area contributed by atoms with Crippen LogP contribution in [0, 0.1) is 25.2 Å². The summed E-state index contributed by atoms with van der Waals surface area (Å²) in [6.45, 7) is 3.82. The van der Waals surface area contributed by atoms with Crippen LogP contribution in [0.1, 0.15) is 27.2 Å². The SMILES string of the molecule is Cc1cc(C)c(C#N)c([Se]CC(=O)c2ccccc2)n1. The number of aryl methyl sites for hydroxylation is 2. The molecule has 2 rings (SSSR count). The molecule has 0 saturated carbocycles. The van der Waals surface area contributed by atoms with E-state index < -0.39 is 0 Å². The maximum atomic E-state index is 12.1. The molecule has 0 amide bonds. The number of pyridine rings is 1. The first kappa shape index (κ1) is 14.5. The van der Waals surface area contributed by atoms with Crippen molar-refractivity contribution in [2.24, 2.45) is 0 Å². The van der Waals surface area contributed by atoms with Crippen LogP contribution in [0.15, 0.2) is 36.4 Å². The second-order valence-corrected chi connectivity index (χ2v) is 6.47. The minimum absolute atomic E-state index is 0.107. The fourth-order valence-electron chi connectivity index (χ4n) is 1.88. The van der Waals surface area contributed by atoms with Crippen molar-refractivity contribution in [3.05, 3.63) is 58.8 Å². The number of carbonyl (C=O) groups is 1. The minimum atomic E-state index is -0.116. The van der Waals surface area contributed by atoms with Crippen LogP contribution in [-0.2, 0) is 0 Å². The molecule has 0 aliphatic carbocycles.